The van der Waals surface area contributed by atoms with E-state index in [-0.39, 0.29) is 24.2 Å². The minimum atomic E-state index is -0.682. The Morgan fingerprint density at radius 1 is 0.943 bits per heavy atom. The molecule has 2 N–H and O–H groups in total. The summed E-state index contributed by atoms with van der Waals surface area (Å²) >= 11 is 5.70. The van der Waals surface area contributed by atoms with E-state index in [9.17, 15) is 19.3 Å². The van der Waals surface area contributed by atoms with Crippen molar-refractivity contribution in [3.05, 3.63) is 76.7 Å². The number of nitroso groups, excluding NO2 is 1. The van der Waals surface area contributed by atoms with Crippen molar-refractivity contribution >= 4 is 29.4 Å². The topological polar surface area (TPSA) is 111 Å². The fourth-order valence-corrected chi connectivity index (χ4v) is 3.69. The highest BCUT2D eigenvalue weighted by molar-refractivity contribution is 6.18. The van der Waals surface area contributed by atoms with Crippen LogP contribution in [0.2, 0.25) is 0 Å². The Balaban J connectivity index is 1.95. The van der Waals surface area contributed by atoms with Crippen molar-refractivity contribution in [3.8, 4) is 0 Å². The second-order valence-electron chi connectivity index (χ2n) is 8.04. The molecule has 0 spiro atoms. The van der Waals surface area contributed by atoms with Crippen LogP contribution in [0.1, 0.15) is 37.3 Å². The number of amides is 4. The molecule has 0 heterocycles. The molecular weight excluding hydrogens is 470 g/mol. The molecule has 0 fully saturated rings. The van der Waals surface area contributed by atoms with Crippen molar-refractivity contribution in [1.29, 1.82) is 0 Å². The summed E-state index contributed by atoms with van der Waals surface area (Å²) in [4.78, 5) is 49.8. The minimum absolute atomic E-state index is 0.0152. The molecule has 0 bridgehead atoms. The quantitative estimate of drug-likeness (QED) is 0.177. The molecule has 1 atom stereocenters. The molecule has 0 saturated carbocycles. The van der Waals surface area contributed by atoms with Crippen LogP contribution in [-0.4, -0.2) is 52.8 Å². The summed E-state index contributed by atoms with van der Waals surface area (Å²) < 4.78 is 0. The fraction of sp³-hybridized carbons (Fsp3) is 0.400. The largest absolute Gasteiger partial charge is 0.350 e. The van der Waals surface area contributed by atoms with E-state index in [0.29, 0.717) is 38.9 Å². The average Bonchev–Trinajstić information content (AvgIpc) is 2.87. The third-order valence-corrected chi connectivity index (χ3v) is 5.45. The Morgan fingerprint density at radius 3 is 2.14 bits per heavy atom. The predicted molar refractivity (Wildman–Crippen MR) is 135 cm³/mol. The van der Waals surface area contributed by atoms with Gasteiger partial charge >= 0.3 is 6.03 Å². The van der Waals surface area contributed by atoms with Gasteiger partial charge in [-0.15, -0.1) is 16.5 Å². The molecular formula is C25H32ClN5O4. The SMILES string of the molecule is CC(=O)N[C@@H](CCCCN(Cc1ccccc1)C(=O)N(CCCl)N=O)C(=O)NCc1ccccc1. The number of carbonyl (C=O) groups excluding carboxylic acids is 3. The van der Waals surface area contributed by atoms with Gasteiger partial charge in [0.15, 0.2) is 0 Å². The molecule has 2 rings (SSSR count). The standard InChI is InChI=1S/C25H32ClN5O4/c1-20(32)28-23(24(33)27-18-21-10-4-2-5-11-21)14-8-9-16-30(19-22-12-6-3-7-13-22)25(34)31(29-35)17-15-26/h2-7,10-13,23H,8-9,14-19H2,1H3,(H,27,33)(H,28,32)/t23-/m0/s1. The molecule has 2 aromatic carbocycles. The molecule has 0 aromatic heterocycles. The van der Waals surface area contributed by atoms with Crippen LogP contribution in [-0.2, 0) is 22.7 Å². The van der Waals surface area contributed by atoms with E-state index < -0.39 is 12.1 Å². The predicted octanol–water partition coefficient (Wildman–Crippen LogP) is 3.82. The van der Waals surface area contributed by atoms with Crippen LogP contribution in [0.5, 0.6) is 0 Å². The lowest BCUT2D eigenvalue weighted by Crippen LogP contribution is -2.46. The van der Waals surface area contributed by atoms with Gasteiger partial charge in [0.2, 0.25) is 11.8 Å². The molecule has 10 heteroatoms. The molecule has 35 heavy (non-hydrogen) atoms. The van der Waals surface area contributed by atoms with Gasteiger partial charge in [-0.25, -0.2) is 4.79 Å². The first-order valence-electron chi connectivity index (χ1n) is 11.5. The summed E-state index contributed by atoms with van der Waals surface area (Å²) in [5.41, 5.74) is 1.87. The van der Waals surface area contributed by atoms with Crippen molar-refractivity contribution in [2.24, 2.45) is 5.29 Å². The van der Waals surface area contributed by atoms with Gasteiger partial charge in [0, 0.05) is 32.4 Å². The van der Waals surface area contributed by atoms with Crippen molar-refractivity contribution in [2.45, 2.75) is 45.3 Å². The van der Waals surface area contributed by atoms with E-state index >= 15 is 0 Å². The number of unbranched alkanes of at least 4 members (excludes halogenated alkanes) is 1. The number of nitrogens with zero attached hydrogens (tertiary/aromatic N) is 3. The van der Waals surface area contributed by atoms with Gasteiger partial charge in [0.25, 0.3) is 0 Å². The third-order valence-electron chi connectivity index (χ3n) is 5.28. The highest BCUT2D eigenvalue weighted by Crippen LogP contribution is 2.12. The van der Waals surface area contributed by atoms with Crippen molar-refractivity contribution in [3.63, 3.8) is 0 Å². The molecule has 0 aliphatic carbocycles. The van der Waals surface area contributed by atoms with Gasteiger partial charge in [-0.05, 0) is 30.4 Å². The van der Waals surface area contributed by atoms with Crippen molar-refractivity contribution in [1.82, 2.24) is 20.5 Å². The number of nitrogens with one attached hydrogen (secondary N) is 2. The zero-order valence-electron chi connectivity index (χ0n) is 19.9. The van der Waals surface area contributed by atoms with Crippen LogP contribution in [0, 0.1) is 4.91 Å². The Morgan fingerprint density at radius 2 is 1.57 bits per heavy atom. The van der Waals surface area contributed by atoms with Gasteiger partial charge in [0.1, 0.15) is 6.04 Å². The second-order valence-corrected chi connectivity index (χ2v) is 8.41. The summed E-state index contributed by atoms with van der Waals surface area (Å²) in [6.45, 7) is 2.41. The van der Waals surface area contributed by atoms with Gasteiger partial charge in [-0.1, -0.05) is 60.7 Å². The maximum Gasteiger partial charge on any atom is 0.343 e. The van der Waals surface area contributed by atoms with Gasteiger partial charge < -0.3 is 15.5 Å². The summed E-state index contributed by atoms with van der Waals surface area (Å²) in [5.74, 6) is -0.466. The lowest BCUT2D eigenvalue weighted by atomic mass is 10.1. The molecule has 0 aliphatic heterocycles. The first-order chi connectivity index (χ1) is 16.9. The maximum atomic E-state index is 12.8. The van der Waals surface area contributed by atoms with Crippen LogP contribution in [0.4, 0.5) is 4.79 Å². The van der Waals surface area contributed by atoms with Gasteiger partial charge in [-0.2, -0.15) is 5.01 Å². The summed E-state index contributed by atoms with van der Waals surface area (Å²) in [7, 11) is 0. The number of alkyl halides is 1. The van der Waals surface area contributed by atoms with E-state index in [1.54, 1.807) is 0 Å². The first-order valence-corrected chi connectivity index (χ1v) is 12.1. The van der Waals surface area contributed by atoms with Crippen molar-refractivity contribution in [2.75, 3.05) is 19.0 Å². The summed E-state index contributed by atoms with van der Waals surface area (Å²) in [6, 6.07) is 17.7. The van der Waals surface area contributed by atoms with E-state index in [0.717, 1.165) is 16.1 Å². The second kappa shape index (κ2) is 15.4. The average molecular weight is 502 g/mol. The van der Waals surface area contributed by atoms with E-state index in [1.807, 2.05) is 60.7 Å². The number of rotatable bonds is 14. The van der Waals surface area contributed by atoms with Crippen LogP contribution in [0.15, 0.2) is 65.9 Å². The Bertz CT molecular complexity index is 945. The van der Waals surface area contributed by atoms with Gasteiger partial charge in [0.05, 0.1) is 11.8 Å². The highest BCUT2D eigenvalue weighted by Gasteiger charge is 2.23. The lowest BCUT2D eigenvalue weighted by Gasteiger charge is -2.26. The van der Waals surface area contributed by atoms with Crippen molar-refractivity contribution < 1.29 is 14.4 Å². The normalized spacial score (nSPS) is 11.3. The number of hydrogen-bond acceptors (Lipinski definition) is 5. The summed E-state index contributed by atoms with van der Waals surface area (Å²) in [6.07, 6.45) is 1.55. The zero-order valence-corrected chi connectivity index (χ0v) is 20.6. The smallest absolute Gasteiger partial charge is 0.343 e. The minimum Gasteiger partial charge on any atom is -0.350 e. The number of hydrogen-bond donors (Lipinski definition) is 2. The molecule has 0 unspecified atom stereocenters. The fourth-order valence-electron chi connectivity index (χ4n) is 3.53. The molecule has 188 valence electrons. The zero-order chi connectivity index (χ0) is 25.5. The number of halogens is 1. The number of carbonyl (C=O) groups is 3. The van der Waals surface area contributed by atoms with Crippen LogP contribution in [0.3, 0.4) is 0 Å². The molecule has 0 radical (unpaired) electrons. The highest BCUT2D eigenvalue weighted by atomic mass is 35.5. The Hall–Kier alpha value is -3.46. The summed E-state index contributed by atoms with van der Waals surface area (Å²) in [5, 5.41) is 9.17. The molecule has 2 aromatic rings. The Labute approximate surface area is 210 Å². The number of urea groups is 1. The van der Waals surface area contributed by atoms with Gasteiger partial charge in [-0.3, -0.25) is 9.59 Å². The maximum absolute atomic E-state index is 12.8. The van der Waals surface area contributed by atoms with E-state index in [1.165, 1.54) is 11.8 Å². The van der Waals surface area contributed by atoms with Crippen LogP contribution in [0.25, 0.3) is 0 Å². The molecule has 0 aliphatic rings. The Kier molecular flexibility index (Phi) is 12.3. The first kappa shape index (κ1) is 27.8. The third kappa shape index (κ3) is 10.1. The van der Waals surface area contributed by atoms with Crippen LogP contribution < -0.4 is 10.6 Å². The molecule has 9 nitrogen and oxygen atoms in total. The molecule has 0 saturated heterocycles. The van der Waals surface area contributed by atoms with E-state index in [2.05, 4.69) is 15.9 Å². The molecule has 4 amide bonds. The van der Waals surface area contributed by atoms with Crippen LogP contribution >= 0.6 is 11.6 Å². The monoisotopic (exact) mass is 501 g/mol. The van der Waals surface area contributed by atoms with E-state index in [4.69, 9.17) is 11.6 Å². The number of benzene rings is 2. The lowest BCUT2D eigenvalue weighted by molar-refractivity contribution is -0.128.